The van der Waals surface area contributed by atoms with Crippen molar-refractivity contribution in [2.45, 2.75) is 0 Å². The Hall–Kier alpha value is -1.65. The monoisotopic (exact) mass is 193 g/mol. The van der Waals surface area contributed by atoms with Crippen LogP contribution < -0.4 is 15.9 Å². The van der Waals surface area contributed by atoms with E-state index in [1.807, 2.05) is 7.85 Å². The van der Waals surface area contributed by atoms with Gasteiger partial charge in [-0.1, -0.05) is 5.46 Å². The normalized spacial score (nSPS) is 9.57. The van der Waals surface area contributed by atoms with Gasteiger partial charge in [0.15, 0.2) is 0 Å². The standard InChI is InChI=1S/C9H12BNO3/c1-13-8-4-7(11)6(10)3-5(8)9(12)14-2/h3-4H,10-11H2,1-2H3. The quantitative estimate of drug-likeness (QED) is 0.384. The molecule has 1 aromatic rings. The molecule has 2 N–H and O–H groups in total. The molecule has 1 rings (SSSR count). The second kappa shape index (κ2) is 4.04. The summed E-state index contributed by atoms with van der Waals surface area (Å²) < 4.78 is 9.64. The molecule has 0 saturated carbocycles. The molecule has 0 aliphatic carbocycles. The van der Waals surface area contributed by atoms with E-state index in [-0.39, 0.29) is 0 Å². The molecule has 0 saturated heterocycles. The van der Waals surface area contributed by atoms with Crippen LogP contribution in [0.15, 0.2) is 12.1 Å². The van der Waals surface area contributed by atoms with Crippen molar-refractivity contribution in [1.82, 2.24) is 0 Å². The first-order valence-corrected chi connectivity index (χ1v) is 4.12. The van der Waals surface area contributed by atoms with Gasteiger partial charge in [-0.15, -0.1) is 0 Å². The number of rotatable bonds is 2. The van der Waals surface area contributed by atoms with E-state index in [4.69, 9.17) is 10.5 Å². The van der Waals surface area contributed by atoms with Crippen LogP contribution in [-0.4, -0.2) is 28.0 Å². The van der Waals surface area contributed by atoms with Gasteiger partial charge in [0, 0.05) is 11.8 Å². The molecule has 74 valence electrons. The number of carbonyl (C=O) groups excluding carboxylic acids is 1. The average Bonchev–Trinajstić information content (AvgIpc) is 2.20. The molecule has 0 unspecified atom stereocenters. The lowest BCUT2D eigenvalue weighted by Crippen LogP contribution is -2.14. The Morgan fingerprint density at radius 3 is 2.57 bits per heavy atom. The molecule has 0 fully saturated rings. The summed E-state index contributed by atoms with van der Waals surface area (Å²) >= 11 is 0. The van der Waals surface area contributed by atoms with Crippen LogP contribution in [-0.2, 0) is 4.74 Å². The van der Waals surface area contributed by atoms with Crippen molar-refractivity contribution in [3.63, 3.8) is 0 Å². The molecule has 0 aromatic heterocycles. The molecule has 0 spiro atoms. The summed E-state index contributed by atoms with van der Waals surface area (Å²) in [5, 5.41) is 0. The van der Waals surface area contributed by atoms with Gasteiger partial charge >= 0.3 is 5.97 Å². The van der Waals surface area contributed by atoms with Gasteiger partial charge in [-0.05, 0) is 6.07 Å². The number of esters is 1. The molecule has 1 aromatic carbocycles. The van der Waals surface area contributed by atoms with E-state index in [1.54, 1.807) is 12.1 Å². The van der Waals surface area contributed by atoms with Crippen LogP contribution in [0.25, 0.3) is 0 Å². The molecular formula is C9H12BNO3. The van der Waals surface area contributed by atoms with Crippen LogP contribution in [0.2, 0.25) is 0 Å². The number of anilines is 1. The predicted octanol–water partition coefficient (Wildman–Crippen LogP) is -0.678. The number of methoxy groups -OCH3 is 2. The second-order valence-electron chi connectivity index (χ2n) is 2.90. The van der Waals surface area contributed by atoms with Crippen LogP contribution in [0, 0.1) is 0 Å². The maximum atomic E-state index is 11.3. The fourth-order valence-electron chi connectivity index (χ4n) is 1.14. The third-order valence-corrected chi connectivity index (χ3v) is 1.99. The fraction of sp³-hybridized carbons (Fsp3) is 0.222. The first kappa shape index (κ1) is 10.4. The summed E-state index contributed by atoms with van der Waals surface area (Å²) in [6, 6.07) is 3.27. The van der Waals surface area contributed by atoms with Gasteiger partial charge in [-0.2, -0.15) is 0 Å². The predicted molar refractivity (Wildman–Crippen MR) is 56.9 cm³/mol. The highest BCUT2D eigenvalue weighted by Gasteiger charge is 2.13. The Balaban J connectivity index is 3.27. The number of carbonyl (C=O) groups is 1. The van der Waals surface area contributed by atoms with E-state index in [0.717, 1.165) is 5.46 Å². The Morgan fingerprint density at radius 1 is 1.43 bits per heavy atom. The lowest BCUT2D eigenvalue weighted by atomic mass is 9.92. The largest absolute Gasteiger partial charge is 0.496 e. The van der Waals surface area contributed by atoms with Gasteiger partial charge in [0.2, 0.25) is 0 Å². The third kappa shape index (κ3) is 1.81. The number of hydrogen-bond acceptors (Lipinski definition) is 4. The summed E-state index contributed by atoms with van der Waals surface area (Å²) in [7, 11) is 4.63. The van der Waals surface area contributed by atoms with E-state index in [1.165, 1.54) is 14.2 Å². The van der Waals surface area contributed by atoms with Crippen molar-refractivity contribution >= 4 is 25.0 Å². The topological polar surface area (TPSA) is 61.5 Å². The minimum Gasteiger partial charge on any atom is -0.496 e. The maximum absolute atomic E-state index is 11.3. The van der Waals surface area contributed by atoms with E-state index in [2.05, 4.69) is 4.74 Å². The number of benzene rings is 1. The maximum Gasteiger partial charge on any atom is 0.341 e. The first-order chi connectivity index (χ1) is 6.60. The van der Waals surface area contributed by atoms with Crippen molar-refractivity contribution < 1.29 is 14.3 Å². The Kier molecular flexibility index (Phi) is 3.01. The van der Waals surface area contributed by atoms with Crippen molar-refractivity contribution in [1.29, 1.82) is 0 Å². The molecule has 0 atom stereocenters. The molecule has 0 radical (unpaired) electrons. The van der Waals surface area contributed by atoms with E-state index >= 15 is 0 Å². The zero-order chi connectivity index (χ0) is 10.7. The zero-order valence-electron chi connectivity index (χ0n) is 8.46. The van der Waals surface area contributed by atoms with Gasteiger partial charge < -0.3 is 15.2 Å². The minimum absolute atomic E-state index is 0.390. The van der Waals surface area contributed by atoms with Crippen LogP contribution in [0.4, 0.5) is 5.69 Å². The smallest absolute Gasteiger partial charge is 0.341 e. The van der Waals surface area contributed by atoms with E-state index in [9.17, 15) is 4.79 Å². The van der Waals surface area contributed by atoms with Gasteiger partial charge in [0.25, 0.3) is 0 Å². The van der Waals surface area contributed by atoms with Gasteiger partial charge in [-0.25, -0.2) is 4.79 Å². The molecule has 0 amide bonds. The lowest BCUT2D eigenvalue weighted by molar-refractivity contribution is 0.0597. The van der Waals surface area contributed by atoms with E-state index < -0.39 is 5.97 Å². The Morgan fingerprint density at radius 2 is 2.07 bits per heavy atom. The summed E-state index contributed by atoms with van der Waals surface area (Å²) in [5.41, 5.74) is 7.48. The molecule has 0 aliphatic rings. The van der Waals surface area contributed by atoms with Crippen molar-refractivity contribution in [2.75, 3.05) is 20.0 Å². The fourth-order valence-corrected chi connectivity index (χ4v) is 1.14. The average molecular weight is 193 g/mol. The van der Waals surface area contributed by atoms with E-state index in [0.29, 0.717) is 17.0 Å². The third-order valence-electron chi connectivity index (χ3n) is 1.99. The zero-order valence-corrected chi connectivity index (χ0v) is 8.46. The van der Waals surface area contributed by atoms with Crippen LogP contribution in [0.5, 0.6) is 5.75 Å². The number of hydrogen-bond donors (Lipinski definition) is 1. The SMILES string of the molecule is Bc1cc(C(=O)OC)c(OC)cc1N. The van der Waals surface area contributed by atoms with Crippen molar-refractivity contribution in [2.24, 2.45) is 0 Å². The molecule has 0 bridgehead atoms. The highest BCUT2D eigenvalue weighted by atomic mass is 16.5. The number of nitrogens with two attached hydrogens (primary N) is 1. The van der Waals surface area contributed by atoms with Gasteiger partial charge in [-0.3, -0.25) is 0 Å². The highest BCUT2D eigenvalue weighted by molar-refractivity contribution is 6.36. The Bertz CT molecular complexity index is 365. The van der Waals surface area contributed by atoms with Gasteiger partial charge in [0.05, 0.1) is 14.2 Å². The van der Waals surface area contributed by atoms with Crippen LogP contribution >= 0.6 is 0 Å². The van der Waals surface area contributed by atoms with Crippen LogP contribution in [0.3, 0.4) is 0 Å². The number of ether oxygens (including phenoxy) is 2. The lowest BCUT2D eigenvalue weighted by Gasteiger charge is -2.09. The van der Waals surface area contributed by atoms with Gasteiger partial charge in [0.1, 0.15) is 19.2 Å². The molecule has 0 aliphatic heterocycles. The second-order valence-corrected chi connectivity index (χ2v) is 2.90. The van der Waals surface area contributed by atoms with Crippen LogP contribution in [0.1, 0.15) is 10.4 Å². The molecule has 4 nitrogen and oxygen atoms in total. The summed E-state index contributed by atoms with van der Waals surface area (Å²) in [5.74, 6) is 0.00454. The Labute approximate surface area is 83.4 Å². The van der Waals surface area contributed by atoms with Crippen molar-refractivity contribution in [3.05, 3.63) is 17.7 Å². The molecule has 5 heteroatoms. The highest BCUT2D eigenvalue weighted by Crippen LogP contribution is 2.20. The summed E-state index contributed by atoms with van der Waals surface area (Å²) in [6.07, 6.45) is 0. The van der Waals surface area contributed by atoms with Crippen molar-refractivity contribution in [3.8, 4) is 5.75 Å². The molecular weight excluding hydrogens is 181 g/mol. The summed E-state index contributed by atoms with van der Waals surface area (Å²) in [4.78, 5) is 11.3. The first-order valence-electron chi connectivity index (χ1n) is 4.12. The minimum atomic E-state index is -0.426. The number of nitrogen functional groups attached to an aromatic ring is 1. The molecule has 0 heterocycles. The molecule has 14 heavy (non-hydrogen) atoms. The summed E-state index contributed by atoms with van der Waals surface area (Å²) in [6.45, 7) is 0.